The van der Waals surface area contributed by atoms with Crippen LogP contribution in [0.15, 0.2) is 48.5 Å². The summed E-state index contributed by atoms with van der Waals surface area (Å²) in [6.45, 7) is 5.59. The number of esters is 1. The summed E-state index contributed by atoms with van der Waals surface area (Å²) >= 11 is 11.9. The van der Waals surface area contributed by atoms with Crippen molar-refractivity contribution in [1.82, 2.24) is 4.90 Å². The van der Waals surface area contributed by atoms with Crippen LogP contribution in [0.3, 0.4) is 0 Å². The van der Waals surface area contributed by atoms with Gasteiger partial charge in [0.2, 0.25) is 0 Å². The second-order valence-corrected chi connectivity index (χ2v) is 8.49. The van der Waals surface area contributed by atoms with Crippen LogP contribution in [0.25, 0.3) is 0 Å². The number of nitrogens with one attached hydrogen (secondary N) is 1. The number of carbonyl (C=O) groups excluding carboxylic acids is 1. The Labute approximate surface area is 170 Å². The molecule has 0 aromatic heterocycles. The first kappa shape index (κ1) is 19.6. The maximum Gasteiger partial charge on any atom is 0.309 e. The first-order valence-electron chi connectivity index (χ1n) is 8.76. The highest BCUT2D eigenvalue weighted by Gasteiger charge is 2.47. The fourth-order valence-electron chi connectivity index (χ4n) is 3.49. The third kappa shape index (κ3) is 3.80. The van der Waals surface area contributed by atoms with Crippen LogP contribution < -0.4 is 5.32 Å². The van der Waals surface area contributed by atoms with Gasteiger partial charge in [-0.05, 0) is 56.8 Å². The van der Waals surface area contributed by atoms with E-state index in [0.29, 0.717) is 10.1 Å². The number of anilines is 1. The average Bonchev–Trinajstić information content (AvgIpc) is 2.59. The lowest BCUT2D eigenvalue weighted by Gasteiger charge is -2.48. The van der Waals surface area contributed by atoms with Crippen molar-refractivity contribution in [3.8, 4) is 0 Å². The van der Waals surface area contributed by atoms with E-state index in [0.717, 1.165) is 16.8 Å². The Balaban J connectivity index is 2.22. The fraction of sp³-hybridized carbons (Fsp3) is 0.333. The molecule has 3 rings (SSSR count). The van der Waals surface area contributed by atoms with E-state index < -0.39 is 11.1 Å². The Bertz CT molecular complexity index is 879. The van der Waals surface area contributed by atoms with Gasteiger partial charge in [-0.15, -0.1) is 0 Å². The van der Waals surface area contributed by atoms with Gasteiger partial charge >= 0.3 is 5.97 Å². The minimum Gasteiger partial charge on any atom is -0.460 e. The van der Waals surface area contributed by atoms with Crippen LogP contribution in [0.2, 0.25) is 5.02 Å². The molecule has 0 bridgehead atoms. The van der Waals surface area contributed by atoms with Crippen molar-refractivity contribution in [1.29, 1.82) is 0 Å². The van der Waals surface area contributed by atoms with Gasteiger partial charge in [0.05, 0.1) is 6.42 Å². The van der Waals surface area contributed by atoms with Crippen LogP contribution >= 0.6 is 23.8 Å². The van der Waals surface area contributed by atoms with Gasteiger partial charge in [-0.2, -0.15) is 0 Å². The van der Waals surface area contributed by atoms with Crippen molar-refractivity contribution in [2.45, 2.75) is 38.3 Å². The summed E-state index contributed by atoms with van der Waals surface area (Å²) in [5, 5.41) is 4.37. The van der Waals surface area contributed by atoms with Crippen LogP contribution in [-0.2, 0) is 15.1 Å². The van der Waals surface area contributed by atoms with Crippen LogP contribution in [0.5, 0.6) is 0 Å². The van der Waals surface area contributed by atoms with E-state index in [4.69, 9.17) is 28.6 Å². The number of halogens is 1. The summed E-state index contributed by atoms with van der Waals surface area (Å²) in [6, 6.07) is 15.4. The minimum absolute atomic E-state index is 0.111. The number of ether oxygens (including phenoxy) is 1. The number of nitrogens with zero attached hydrogens (tertiary/aromatic N) is 1. The van der Waals surface area contributed by atoms with Crippen LogP contribution in [0, 0.1) is 0 Å². The predicted octanol–water partition coefficient (Wildman–Crippen LogP) is 4.96. The molecule has 0 amide bonds. The second kappa shape index (κ2) is 7.13. The first-order chi connectivity index (χ1) is 12.6. The molecular weight excluding hydrogens is 380 g/mol. The number of benzene rings is 2. The first-order valence-corrected chi connectivity index (χ1v) is 9.54. The average molecular weight is 403 g/mol. The lowest BCUT2D eigenvalue weighted by Crippen LogP contribution is -2.54. The monoisotopic (exact) mass is 402 g/mol. The van der Waals surface area contributed by atoms with E-state index in [2.05, 4.69) is 5.32 Å². The maximum absolute atomic E-state index is 12.9. The molecule has 2 aromatic rings. The smallest absolute Gasteiger partial charge is 0.309 e. The zero-order chi connectivity index (χ0) is 19.8. The highest BCUT2D eigenvalue weighted by atomic mass is 35.5. The van der Waals surface area contributed by atoms with Gasteiger partial charge in [-0.25, -0.2) is 0 Å². The summed E-state index contributed by atoms with van der Waals surface area (Å²) in [4.78, 5) is 14.8. The molecule has 0 fully saturated rings. The molecule has 6 heteroatoms. The lowest BCUT2D eigenvalue weighted by atomic mass is 9.77. The highest BCUT2D eigenvalue weighted by molar-refractivity contribution is 7.80. The number of thiocarbonyl (C=S) groups is 1. The van der Waals surface area contributed by atoms with Crippen molar-refractivity contribution in [3.05, 3.63) is 64.7 Å². The van der Waals surface area contributed by atoms with E-state index >= 15 is 0 Å². The Kier molecular flexibility index (Phi) is 5.19. The molecule has 2 aromatic carbocycles. The number of fused-ring (bicyclic) bond motifs is 1. The quantitative estimate of drug-likeness (QED) is 0.580. The lowest BCUT2D eigenvalue weighted by molar-refractivity contribution is -0.157. The molecule has 1 aliphatic heterocycles. The molecule has 4 nitrogen and oxygen atoms in total. The molecular formula is C21H23ClN2O2S. The minimum atomic E-state index is -0.813. The third-order valence-corrected chi connectivity index (χ3v) is 5.23. The Morgan fingerprint density at radius 3 is 2.52 bits per heavy atom. The van der Waals surface area contributed by atoms with Crippen molar-refractivity contribution in [2.75, 3.05) is 12.4 Å². The molecule has 1 heterocycles. The summed E-state index contributed by atoms with van der Waals surface area (Å²) in [5.74, 6) is -0.297. The Hall–Kier alpha value is -2.11. The van der Waals surface area contributed by atoms with E-state index in [1.807, 2.05) is 81.2 Å². The van der Waals surface area contributed by atoms with Gasteiger partial charge in [0.15, 0.2) is 5.11 Å². The normalized spacial score (nSPS) is 19.3. The van der Waals surface area contributed by atoms with Crippen molar-refractivity contribution < 1.29 is 9.53 Å². The molecule has 1 N–H and O–H groups in total. The number of rotatable bonds is 3. The Morgan fingerprint density at radius 2 is 1.89 bits per heavy atom. The number of carbonyl (C=O) groups is 1. The molecule has 0 aliphatic carbocycles. The number of hydrogen-bond acceptors (Lipinski definition) is 3. The molecule has 0 saturated heterocycles. The van der Waals surface area contributed by atoms with Crippen LogP contribution in [0.4, 0.5) is 5.69 Å². The molecule has 1 atom stereocenters. The topological polar surface area (TPSA) is 41.6 Å². The third-order valence-electron chi connectivity index (χ3n) is 4.62. The molecule has 0 saturated carbocycles. The van der Waals surface area contributed by atoms with E-state index in [9.17, 15) is 4.79 Å². The standard InChI is InChI=1S/C21H23ClN2O2S/c1-20(2,3)26-18(25)13-21(14-8-6-5-7-9-14)16-12-15(22)10-11-17(16)23-19(27)24(21)4/h5-12H,13H2,1-4H3,(H,23,27). The van der Waals surface area contributed by atoms with E-state index in [-0.39, 0.29) is 12.4 Å². The van der Waals surface area contributed by atoms with Gasteiger partial charge in [0.1, 0.15) is 11.1 Å². The van der Waals surface area contributed by atoms with Crippen molar-refractivity contribution in [2.24, 2.45) is 0 Å². The van der Waals surface area contributed by atoms with E-state index in [1.54, 1.807) is 0 Å². The van der Waals surface area contributed by atoms with Gasteiger partial charge in [-0.1, -0.05) is 41.9 Å². The van der Waals surface area contributed by atoms with E-state index in [1.165, 1.54) is 0 Å². The molecule has 1 aliphatic rings. The van der Waals surface area contributed by atoms with Gasteiger partial charge in [0.25, 0.3) is 0 Å². The maximum atomic E-state index is 12.9. The zero-order valence-corrected chi connectivity index (χ0v) is 17.4. The largest absolute Gasteiger partial charge is 0.460 e. The summed E-state index contributed by atoms with van der Waals surface area (Å²) in [7, 11) is 1.89. The van der Waals surface area contributed by atoms with Gasteiger partial charge in [-0.3, -0.25) is 4.79 Å². The molecule has 0 radical (unpaired) electrons. The highest BCUT2D eigenvalue weighted by Crippen LogP contribution is 2.46. The van der Waals surface area contributed by atoms with Gasteiger partial charge in [0, 0.05) is 23.3 Å². The zero-order valence-electron chi connectivity index (χ0n) is 15.9. The van der Waals surface area contributed by atoms with Gasteiger partial charge < -0.3 is 15.0 Å². The summed E-state index contributed by atoms with van der Waals surface area (Å²) < 4.78 is 5.65. The fourth-order valence-corrected chi connectivity index (χ4v) is 3.92. The SMILES string of the molecule is CN1C(=S)Nc2ccc(Cl)cc2C1(CC(=O)OC(C)(C)C)c1ccccc1. The summed E-state index contributed by atoms with van der Waals surface area (Å²) in [5.41, 5.74) is 1.30. The molecule has 142 valence electrons. The Morgan fingerprint density at radius 1 is 1.22 bits per heavy atom. The second-order valence-electron chi connectivity index (χ2n) is 7.67. The van der Waals surface area contributed by atoms with Crippen LogP contribution in [0.1, 0.15) is 38.3 Å². The van der Waals surface area contributed by atoms with Crippen molar-refractivity contribution >= 4 is 40.6 Å². The van der Waals surface area contributed by atoms with Crippen molar-refractivity contribution in [3.63, 3.8) is 0 Å². The predicted molar refractivity (Wildman–Crippen MR) is 113 cm³/mol. The summed E-state index contributed by atoms with van der Waals surface area (Å²) in [6.07, 6.45) is 0.111. The molecule has 0 spiro atoms. The number of hydrogen-bond donors (Lipinski definition) is 1. The van der Waals surface area contributed by atoms with Crippen LogP contribution in [-0.4, -0.2) is 28.6 Å². The molecule has 27 heavy (non-hydrogen) atoms. The molecule has 1 unspecified atom stereocenters.